The lowest BCUT2D eigenvalue weighted by molar-refractivity contribution is -0.132. The van der Waals surface area contributed by atoms with E-state index in [1.54, 1.807) is 51.5 Å². The Morgan fingerprint density at radius 3 is 2.50 bits per heavy atom. The summed E-state index contributed by atoms with van der Waals surface area (Å²) in [7, 11) is -0.818. The lowest BCUT2D eigenvalue weighted by Gasteiger charge is -2.30. The number of benzene rings is 2. The number of carbonyl (C=O) groups is 1. The first kappa shape index (κ1) is 24.3. The van der Waals surface area contributed by atoms with Gasteiger partial charge >= 0.3 is 0 Å². The highest BCUT2D eigenvalue weighted by Crippen LogP contribution is 2.47. The first-order valence-electron chi connectivity index (χ1n) is 11.6. The van der Waals surface area contributed by atoms with Crippen LogP contribution in [0.1, 0.15) is 36.0 Å². The molecule has 34 heavy (non-hydrogen) atoms. The predicted molar refractivity (Wildman–Crippen MR) is 131 cm³/mol. The van der Waals surface area contributed by atoms with Crippen molar-refractivity contribution in [3.05, 3.63) is 47.0 Å². The molecule has 0 saturated carbocycles. The van der Waals surface area contributed by atoms with Crippen molar-refractivity contribution in [2.24, 2.45) is 0 Å². The maximum absolute atomic E-state index is 14.1. The number of sulfonamides is 1. The minimum atomic E-state index is -3.95. The van der Waals surface area contributed by atoms with Crippen LogP contribution in [0, 0.1) is 13.8 Å². The molecule has 2 aromatic carbocycles. The van der Waals surface area contributed by atoms with E-state index in [0.29, 0.717) is 41.4 Å². The van der Waals surface area contributed by atoms with Crippen LogP contribution in [-0.4, -0.2) is 65.7 Å². The number of ether oxygens (including phenoxy) is 2. The lowest BCUT2D eigenvalue weighted by atomic mass is 9.94. The number of carbonyl (C=O) groups excluding carboxylic acids is 1. The molecule has 4 rings (SSSR count). The monoisotopic (exact) mass is 487 g/mol. The zero-order valence-corrected chi connectivity index (χ0v) is 21.2. The molecule has 2 atom stereocenters. The van der Waals surface area contributed by atoms with Crippen LogP contribution in [0.5, 0.6) is 11.5 Å². The van der Waals surface area contributed by atoms with Crippen molar-refractivity contribution in [1.29, 1.82) is 0 Å². The van der Waals surface area contributed by atoms with E-state index in [4.69, 9.17) is 9.47 Å². The normalized spacial score (nSPS) is 20.6. The van der Waals surface area contributed by atoms with Crippen molar-refractivity contribution in [3.63, 3.8) is 0 Å². The van der Waals surface area contributed by atoms with Gasteiger partial charge in [0.05, 0.1) is 36.8 Å². The smallest absolute Gasteiger partial charge is 0.264 e. The third kappa shape index (κ3) is 4.01. The standard InChI is InChI=1S/C25H33N3O5S/c1-16-17(2)23(10-9-22(16)33-5)34(30,31)28-18(3)24(20-15-19(32-4)7-8-21(20)28)25(29)27-13-6-11-26-12-14-27/h7-10,15,18,24,26H,6,11-14H2,1-5H3/t18-,24+/m1/s1. The van der Waals surface area contributed by atoms with E-state index in [1.807, 2.05) is 18.7 Å². The van der Waals surface area contributed by atoms with Gasteiger partial charge in [-0.3, -0.25) is 9.10 Å². The summed E-state index contributed by atoms with van der Waals surface area (Å²) in [5.41, 5.74) is 2.61. The first-order valence-corrected chi connectivity index (χ1v) is 13.0. The molecule has 8 nitrogen and oxygen atoms in total. The fourth-order valence-electron chi connectivity index (χ4n) is 5.05. The van der Waals surface area contributed by atoms with Crippen LogP contribution < -0.4 is 19.1 Å². The van der Waals surface area contributed by atoms with E-state index in [0.717, 1.165) is 25.1 Å². The van der Waals surface area contributed by atoms with Crippen LogP contribution >= 0.6 is 0 Å². The maximum Gasteiger partial charge on any atom is 0.264 e. The SMILES string of the molecule is COc1ccc2c(c1)[C@@H](C(=O)N1CCCNCC1)[C@@H](C)N2S(=O)(=O)c1ccc(OC)c(C)c1C. The summed E-state index contributed by atoms with van der Waals surface area (Å²) < 4.78 is 40.3. The average Bonchev–Trinajstić information content (AvgIpc) is 2.96. The Morgan fingerprint density at radius 1 is 1.03 bits per heavy atom. The average molecular weight is 488 g/mol. The minimum Gasteiger partial charge on any atom is -0.497 e. The summed E-state index contributed by atoms with van der Waals surface area (Å²) >= 11 is 0. The van der Waals surface area contributed by atoms with Crippen molar-refractivity contribution in [2.45, 2.75) is 44.0 Å². The summed E-state index contributed by atoms with van der Waals surface area (Å²) in [4.78, 5) is 15.8. The van der Waals surface area contributed by atoms with E-state index in [-0.39, 0.29) is 10.8 Å². The number of amides is 1. The molecule has 0 bridgehead atoms. The van der Waals surface area contributed by atoms with E-state index in [9.17, 15) is 13.2 Å². The van der Waals surface area contributed by atoms with Gasteiger partial charge in [-0.15, -0.1) is 0 Å². The van der Waals surface area contributed by atoms with Crippen molar-refractivity contribution >= 4 is 21.6 Å². The number of hydrogen-bond acceptors (Lipinski definition) is 6. The fraction of sp³-hybridized carbons (Fsp3) is 0.480. The molecule has 0 aliphatic carbocycles. The molecule has 0 spiro atoms. The molecule has 2 aliphatic rings. The van der Waals surface area contributed by atoms with Gasteiger partial charge in [0.15, 0.2) is 0 Å². The molecular weight excluding hydrogens is 454 g/mol. The van der Waals surface area contributed by atoms with E-state index in [1.165, 1.54) is 4.31 Å². The number of nitrogens with zero attached hydrogens (tertiary/aromatic N) is 2. The summed E-state index contributed by atoms with van der Waals surface area (Å²) in [6.45, 7) is 8.29. The zero-order valence-electron chi connectivity index (χ0n) is 20.4. The summed E-state index contributed by atoms with van der Waals surface area (Å²) in [6, 6.07) is 7.96. The van der Waals surface area contributed by atoms with Crippen LogP contribution in [0.25, 0.3) is 0 Å². The molecule has 0 aromatic heterocycles. The third-order valence-corrected chi connectivity index (χ3v) is 9.07. The molecule has 1 saturated heterocycles. The van der Waals surface area contributed by atoms with Crippen molar-refractivity contribution in [2.75, 3.05) is 44.7 Å². The van der Waals surface area contributed by atoms with E-state index < -0.39 is 22.0 Å². The van der Waals surface area contributed by atoms with Crippen molar-refractivity contribution in [3.8, 4) is 11.5 Å². The van der Waals surface area contributed by atoms with Gasteiger partial charge in [-0.2, -0.15) is 0 Å². The predicted octanol–water partition coefficient (Wildman–Crippen LogP) is 2.82. The summed E-state index contributed by atoms with van der Waals surface area (Å²) in [5.74, 6) is 0.569. The number of methoxy groups -OCH3 is 2. The van der Waals surface area contributed by atoms with Crippen LogP contribution in [0.2, 0.25) is 0 Å². The van der Waals surface area contributed by atoms with Gasteiger partial charge in [-0.1, -0.05) is 0 Å². The quantitative estimate of drug-likeness (QED) is 0.698. The second kappa shape index (κ2) is 9.46. The molecule has 1 amide bonds. The molecule has 2 aromatic rings. The number of fused-ring (bicyclic) bond motifs is 1. The fourth-order valence-corrected chi connectivity index (χ4v) is 7.03. The first-order chi connectivity index (χ1) is 16.2. The zero-order chi connectivity index (χ0) is 24.6. The second-order valence-electron chi connectivity index (χ2n) is 8.89. The highest BCUT2D eigenvalue weighted by molar-refractivity contribution is 7.93. The van der Waals surface area contributed by atoms with E-state index >= 15 is 0 Å². The number of hydrogen-bond donors (Lipinski definition) is 1. The Balaban J connectivity index is 1.82. The number of anilines is 1. The summed E-state index contributed by atoms with van der Waals surface area (Å²) in [6.07, 6.45) is 0.865. The van der Waals surface area contributed by atoms with Crippen LogP contribution in [0.3, 0.4) is 0 Å². The summed E-state index contributed by atoms with van der Waals surface area (Å²) in [5, 5.41) is 3.32. The number of rotatable bonds is 5. The maximum atomic E-state index is 14.1. The molecule has 184 valence electrons. The van der Waals surface area contributed by atoms with Gasteiger partial charge in [0, 0.05) is 19.6 Å². The van der Waals surface area contributed by atoms with Crippen LogP contribution in [0.4, 0.5) is 5.69 Å². The van der Waals surface area contributed by atoms with Gasteiger partial charge in [0.1, 0.15) is 11.5 Å². The molecule has 2 aliphatic heterocycles. The van der Waals surface area contributed by atoms with Crippen molar-refractivity contribution in [1.82, 2.24) is 10.2 Å². The molecule has 2 heterocycles. The lowest BCUT2D eigenvalue weighted by Crippen LogP contribution is -2.44. The highest BCUT2D eigenvalue weighted by atomic mass is 32.2. The second-order valence-corrected chi connectivity index (χ2v) is 10.7. The van der Waals surface area contributed by atoms with Gasteiger partial charge in [0.25, 0.3) is 10.0 Å². The molecule has 0 unspecified atom stereocenters. The number of nitrogens with one attached hydrogen (secondary N) is 1. The van der Waals surface area contributed by atoms with Crippen molar-refractivity contribution < 1.29 is 22.7 Å². The van der Waals surface area contributed by atoms with Gasteiger partial charge in [0.2, 0.25) is 5.91 Å². The largest absolute Gasteiger partial charge is 0.497 e. The highest BCUT2D eigenvalue weighted by Gasteiger charge is 2.47. The van der Waals surface area contributed by atoms with E-state index in [2.05, 4.69) is 5.32 Å². The minimum absolute atomic E-state index is 0.0500. The Labute approximate surface area is 201 Å². The van der Waals surface area contributed by atoms with Crippen LogP contribution in [-0.2, 0) is 14.8 Å². The molecule has 0 radical (unpaired) electrons. The molecule has 1 fully saturated rings. The Hall–Kier alpha value is -2.78. The van der Waals surface area contributed by atoms with Gasteiger partial charge in [-0.05, 0) is 80.8 Å². The van der Waals surface area contributed by atoms with Gasteiger partial charge in [-0.25, -0.2) is 8.42 Å². The Bertz CT molecular complexity index is 1190. The third-order valence-electron chi connectivity index (χ3n) is 7.02. The molecule has 1 N–H and O–H groups in total. The molecular formula is C25H33N3O5S. The Kier molecular flexibility index (Phi) is 6.78. The van der Waals surface area contributed by atoms with Gasteiger partial charge < -0.3 is 19.7 Å². The Morgan fingerprint density at radius 2 is 1.79 bits per heavy atom. The topological polar surface area (TPSA) is 88.2 Å². The van der Waals surface area contributed by atoms with Crippen LogP contribution in [0.15, 0.2) is 35.2 Å². The molecule has 9 heteroatoms.